The number of alkyl halides is 3. The van der Waals surface area contributed by atoms with Gasteiger partial charge in [0.15, 0.2) is 0 Å². The highest BCUT2D eigenvalue weighted by Crippen LogP contribution is 2.32. The zero-order valence-corrected chi connectivity index (χ0v) is 13.3. The van der Waals surface area contributed by atoms with Crippen LogP contribution in [-0.2, 0) is 6.18 Å². The van der Waals surface area contributed by atoms with Gasteiger partial charge in [-0.3, -0.25) is 9.59 Å². The highest BCUT2D eigenvalue weighted by molar-refractivity contribution is 5.98. The third kappa shape index (κ3) is 3.21. The fraction of sp³-hybridized carbons (Fsp3) is 0.125. The number of nitrogens with zero attached hydrogens (tertiary/aromatic N) is 2. The van der Waals surface area contributed by atoms with Crippen molar-refractivity contribution in [3.8, 4) is 0 Å². The third-order valence-corrected chi connectivity index (χ3v) is 3.69. The predicted molar refractivity (Wildman–Crippen MR) is 88.0 cm³/mol. The number of hydrazone groups is 1. The first-order chi connectivity index (χ1) is 12.3. The number of rotatable bonds is 3. The van der Waals surface area contributed by atoms with Crippen LogP contribution >= 0.6 is 0 Å². The Morgan fingerprint density at radius 3 is 2.73 bits per heavy atom. The number of benzene rings is 1. The molecule has 26 heavy (non-hydrogen) atoms. The van der Waals surface area contributed by atoms with Gasteiger partial charge in [0.25, 0.3) is 5.91 Å². The smallest absolute Gasteiger partial charge is 0.360 e. The highest BCUT2D eigenvalue weighted by Gasteiger charge is 2.33. The summed E-state index contributed by atoms with van der Waals surface area (Å²) >= 11 is 0. The molecular weight excluding hydrogens is 351 g/mol. The predicted octanol–water partition coefficient (Wildman–Crippen LogP) is 2.34. The van der Waals surface area contributed by atoms with Crippen LogP contribution in [0.3, 0.4) is 0 Å². The van der Waals surface area contributed by atoms with Gasteiger partial charge in [-0.2, -0.15) is 18.3 Å². The van der Waals surface area contributed by atoms with Crippen LogP contribution in [0.4, 0.5) is 13.2 Å². The molecule has 3 N–H and O–H groups in total. The number of aromatic amines is 2. The number of aryl methyl sites for hydroxylation is 1. The molecule has 0 radical (unpaired) electrons. The molecule has 3 rings (SSSR count). The zero-order valence-electron chi connectivity index (χ0n) is 13.3. The van der Waals surface area contributed by atoms with Crippen molar-refractivity contribution in [2.75, 3.05) is 0 Å². The van der Waals surface area contributed by atoms with Crippen LogP contribution in [0.1, 0.15) is 27.3 Å². The van der Waals surface area contributed by atoms with Crippen molar-refractivity contribution in [1.29, 1.82) is 0 Å². The van der Waals surface area contributed by atoms with E-state index in [1.165, 1.54) is 18.6 Å². The minimum absolute atomic E-state index is 0.236. The topological polar surface area (TPSA) is 103 Å². The van der Waals surface area contributed by atoms with E-state index in [2.05, 4.69) is 25.5 Å². The summed E-state index contributed by atoms with van der Waals surface area (Å²) in [6.45, 7) is 1.75. The summed E-state index contributed by atoms with van der Waals surface area (Å²) in [7, 11) is 0. The van der Waals surface area contributed by atoms with Gasteiger partial charge in [0.05, 0.1) is 23.6 Å². The van der Waals surface area contributed by atoms with Crippen LogP contribution < -0.4 is 10.9 Å². The molecule has 2 heterocycles. The van der Waals surface area contributed by atoms with Crippen LogP contribution in [-0.4, -0.2) is 27.1 Å². The largest absolute Gasteiger partial charge is 0.418 e. The first-order valence-corrected chi connectivity index (χ1v) is 7.34. The number of aromatic nitrogens is 3. The Bertz CT molecular complexity index is 1070. The van der Waals surface area contributed by atoms with E-state index < -0.39 is 23.1 Å². The van der Waals surface area contributed by atoms with Crippen molar-refractivity contribution < 1.29 is 18.0 Å². The Hall–Kier alpha value is -3.43. The van der Waals surface area contributed by atoms with Crippen molar-refractivity contribution in [1.82, 2.24) is 20.4 Å². The van der Waals surface area contributed by atoms with Gasteiger partial charge in [-0.1, -0.05) is 6.07 Å². The molecule has 3 aromatic rings. The van der Waals surface area contributed by atoms with Gasteiger partial charge in [0.1, 0.15) is 11.3 Å². The molecule has 1 amide bonds. The van der Waals surface area contributed by atoms with Crippen molar-refractivity contribution in [3.05, 3.63) is 63.5 Å². The van der Waals surface area contributed by atoms with Gasteiger partial charge in [-0.25, -0.2) is 10.4 Å². The van der Waals surface area contributed by atoms with E-state index in [1.54, 1.807) is 6.92 Å². The van der Waals surface area contributed by atoms with Crippen molar-refractivity contribution in [2.45, 2.75) is 13.1 Å². The number of hydrogen-bond acceptors (Lipinski definition) is 4. The highest BCUT2D eigenvalue weighted by atomic mass is 19.4. The summed E-state index contributed by atoms with van der Waals surface area (Å²) in [5, 5.41) is 3.45. The number of carbonyl (C=O) groups excluding carboxylic acids is 1. The maximum absolute atomic E-state index is 13.0. The molecule has 0 saturated heterocycles. The molecule has 0 bridgehead atoms. The number of carbonyl (C=O) groups is 1. The van der Waals surface area contributed by atoms with Crippen LogP contribution in [0.15, 0.2) is 40.6 Å². The first-order valence-electron chi connectivity index (χ1n) is 7.34. The van der Waals surface area contributed by atoms with Gasteiger partial charge < -0.3 is 9.97 Å². The zero-order chi connectivity index (χ0) is 18.9. The van der Waals surface area contributed by atoms with Gasteiger partial charge in [-0.05, 0) is 19.1 Å². The number of nitrogens with one attached hydrogen (secondary N) is 3. The monoisotopic (exact) mass is 363 g/mol. The quantitative estimate of drug-likeness (QED) is 0.492. The van der Waals surface area contributed by atoms with E-state index >= 15 is 0 Å². The molecule has 2 aromatic heterocycles. The number of para-hydroxylation sites is 1. The van der Waals surface area contributed by atoms with Gasteiger partial charge in [0.2, 0.25) is 5.43 Å². The van der Waals surface area contributed by atoms with E-state index in [4.69, 9.17) is 0 Å². The summed E-state index contributed by atoms with van der Waals surface area (Å²) in [5.41, 5.74) is 0.833. The van der Waals surface area contributed by atoms with Crippen LogP contribution in [0.25, 0.3) is 10.9 Å². The number of fused-ring (bicyclic) bond motifs is 1. The van der Waals surface area contributed by atoms with E-state index in [9.17, 15) is 22.8 Å². The fourth-order valence-electron chi connectivity index (χ4n) is 2.37. The van der Waals surface area contributed by atoms with Crippen molar-refractivity contribution in [2.24, 2.45) is 5.10 Å². The molecule has 7 nitrogen and oxygen atoms in total. The molecule has 0 aliphatic heterocycles. The summed E-state index contributed by atoms with van der Waals surface area (Å²) in [6, 6.07) is 3.19. The Morgan fingerprint density at radius 2 is 2.08 bits per heavy atom. The summed E-state index contributed by atoms with van der Waals surface area (Å²) in [5.74, 6) is -0.852. The molecule has 0 aliphatic rings. The molecule has 0 atom stereocenters. The molecule has 10 heteroatoms. The maximum Gasteiger partial charge on any atom is 0.418 e. The van der Waals surface area contributed by atoms with Crippen LogP contribution in [0.2, 0.25) is 0 Å². The SMILES string of the molecule is Cc1[nH]cnc1/C=N\NC(=O)c1c[nH]c2c(C(F)(F)F)cccc2c1=O. The third-order valence-electron chi connectivity index (χ3n) is 3.69. The Balaban J connectivity index is 1.92. The lowest BCUT2D eigenvalue weighted by Gasteiger charge is -2.10. The standard InChI is InChI=1S/C16H12F3N5O2/c1-8-12(22-7-21-8)6-23-24-15(26)10-5-20-13-9(14(10)25)3-2-4-11(13)16(17,18)19/h2-7H,1H3,(H,20,25)(H,21,22)(H,24,26)/b23-6-. The molecule has 0 spiro atoms. The lowest BCUT2D eigenvalue weighted by molar-refractivity contribution is -0.136. The molecule has 1 aromatic carbocycles. The fourth-order valence-corrected chi connectivity index (χ4v) is 2.37. The van der Waals surface area contributed by atoms with E-state index in [0.29, 0.717) is 5.69 Å². The van der Waals surface area contributed by atoms with E-state index in [1.807, 2.05) is 0 Å². The second kappa shape index (κ2) is 6.47. The number of H-pyrrole nitrogens is 2. The second-order valence-corrected chi connectivity index (χ2v) is 5.37. The van der Waals surface area contributed by atoms with Crippen LogP contribution in [0, 0.1) is 6.92 Å². The summed E-state index contributed by atoms with van der Waals surface area (Å²) in [4.78, 5) is 33.6. The summed E-state index contributed by atoms with van der Waals surface area (Å²) in [6.07, 6.45) is -0.964. The maximum atomic E-state index is 13.0. The van der Waals surface area contributed by atoms with E-state index in [0.717, 1.165) is 24.0 Å². The number of halogens is 3. The second-order valence-electron chi connectivity index (χ2n) is 5.37. The lowest BCUT2D eigenvalue weighted by atomic mass is 10.1. The minimum Gasteiger partial charge on any atom is -0.360 e. The van der Waals surface area contributed by atoms with Crippen molar-refractivity contribution >= 4 is 23.0 Å². The molecule has 0 unspecified atom stereocenters. The molecular formula is C16H12F3N5O2. The molecule has 0 saturated carbocycles. The molecule has 134 valence electrons. The van der Waals surface area contributed by atoms with Crippen molar-refractivity contribution in [3.63, 3.8) is 0 Å². The molecule has 0 aliphatic carbocycles. The number of hydrogen-bond donors (Lipinski definition) is 3. The number of amides is 1. The number of pyridine rings is 1. The molecule has 0 fully saturated rings. The van der Waals surface area contributed by atoms with Crippen LogP contribution in [0.5, 0.6) is 0 Å². The Kier molecular flexibility index (Phi) is 4.33. The Morgan fingerprint density at radius 1 is 1.31 bits per heavy atom. The average molecular weight is 363 g/mol. The first kappa shape index (κ1) is 17.4. The van der Waals surface area contributed by atoms with Gasteiger partial charge in [-0.15, -0.1) is 0 Å². The van der Waals surface area contributed by atoms with Gasteiger partial charge in [0, 0.05) is 17.3 Å². The lowest BCUT2D eigenvalue weighted by Crippen LogP contribution is -2.25. The minimum atomic E-state index is -4.63. The van der Waals surface area contributed by atoms with E-state index in [-0.39, 0.29) is 16.5 Å². The Labute approximate surface area is 144 Å². The average Bonchev–Trinajstić information content (AvgIpc) is 2.99. The van der Waals surface area contributed by atoms with Gasteiger partial charge >= 0.3 is 6.18 Å². The number of imidazole rings is 1. The normalized spacial score (nSPS) is 12.0. The summed E-state index contributed by atoms with van der Waals surface area (Å²) < 4.78 is 39.0.